The highest BCUT2D eigenvalue weighted by molar-refractivity contribution is 5.46. The molecule has 1 aromatic heterocycles. The summed E-state index contributed by atoms with van der Waals surface area (Å²) >= 11 is 0. The number of ether oxygens (including phenoxy) is 1. The van der Waals surface area contributed by atoms with Crippen molar-refractivity contribution < 1.29 is 4.74 Å². The topological polar surface area (TPSA) is 61.0 Å². The lowest BCUT2D eigenvalue weighted by Gasteiger charge is -2.10. The quantitative estimate of drug-likeness (QED) is 0.875. The van der Waals surface area contributed by atoms with E-state index in [0.717, 1.165) is 24.2 Å². The van der Waals surface area contributed by atoms with Crippen LogP contribution in [0.5, 0.6) is 11.6 Å². The highest BCUT2D eigenvalue weighted by Crippen LogP contribution is 2.26. The van der Waals surface area contributed by atoms with Gasteiger partial charge in [-0.2, -0.15) is 0 Å². The molecule has 4 heteroatoms. The molecule has 0 spiro atoms. The predicted molar refractivity (Wildman–Crippen MR) is 67.0 cm³/mol. The molecule has 0 aliphatic carbocycles. The molecule has 2 N–H and O–H groups in total. The number of hydrogen-bond acceptors (Lipinski definition) is 4. The maximum absolute atomic E-state index is 5.83. The molecule has 0 atom stereocenters. The Bertz CT molecular complexity index is 485. The molecule has 4 nitrogen and oxygen atoms in total. The van der Waals surface area contributed by atoms with Crippen molar-refractivity contribution >= 4 is 5.82 Å². The monoisotopic (exact) mass is 229 g/mol. The van der Waals surface area contributed by atoms with Crippen molar-refractivity contribution in [1.82, 2.24) is 9.97 Å². The number of nitrogens with two attached hydrogens (primary N) is 1. The first-order valence-electron chi connectivity index (χ1n) is 5.63. The van der Waals surface area contributed by atoms with Crippen molar-refractivity contribution in [3.63, 3.8) is 0 Å². The van der Waals surface area contributed by atoms with Crippen LogP contribution in [0.25, 0.3) is 0 Å². The van der Waals surface area contributed by atoms with Gasteiger partial charge >= 0.3 is 0 Å². The molecule has 2 rings (SSSR count). The zero-order chi connectivity index (χ0) is 12.1. The first-order valence-corrected chi connectivity index (χ1v) is 5.63. The number of anilines is 1. The average Bonchev–Trinajstić information content (AvgIpc) is 2.35. The Hall–Kier alpha value is -2.10. The van der Waals surface area contributed by atoms with Crippen LogP contribution >= 0.6 is 0 Å². The second-order valence-corrected chi connectivity index (χ2v) is 3.71. The van der Waals surface area contributed by atoms with Crippen LogP contribution in [0.15, 0.2) is 36.7 Å². The molecule has 0 aliphatic rings. The lowest BCUT2D eigenvalue weighted by molar-refractivity contribution is 0.454. The molecule has 0 amide bonds. The maximum Gasteiger partial charge on any atom is 0.227 e. The summed E-state index contributed by atoms with van der Waals surface area (Å²) in [5.41, 5.74) is 6.70. The van der Waals surface area contributed by atoms with E-state index in [-0.39, 0.29) is 0 Å². The zero-order valence-corrected chi connectivity index (χ0v) is 9.76. The van der Waals surface area contributed by atoms with Crippen LogP contribution in [0.1, 0.15) is 18.9 Å². The smallest absolute Gasteiger partial charge is 0.227 e. The first-order chi connectivity index (χ1) is 8.31. The summed E-state index contributed by atoms with van der Waals surface area (Å²) in [4.78, 5) is 8.13. The van der Waals surface area contributed by atoms with Crippen molar-refractivity contribution in [3.8, 4) is 11.6 Å². The van der Waals surface area contributed by atoms with E-state index in [1.807, 2.05) is 30.3 Å². The van der Waals surface area contributed by atoms with E-state index in [1.165, 1.54) is 6.33 Å². The van der Waals surface area contributed by atoms with E-state index >= 15 is 0 Å². The highest BCUT2D eigenvalue weighted by atomic mass is 16.5. The fourth-order valence-corrected chi connectivity index (χ4v) is 1.58. The van der Waals surface area contributed by atoms with Gasteiger partial charge in [-0.15, -0.1) is 0 Å². The van der Waals surface area contributed by atoms with E-state index in [1.54, 1.807) is 0 Å². The summed E-state index contributed by atoms with van der Waals surface area (Å²) in [6.07, 6.45) is 3.21. The molecular formula is C13H15N3O. The molecular weight excluding hydrogens is 214 g/mol. The molecule has 0 saturated heterocycles. The largest absolute Gasteiger partial charge is 0.439 e. The van der Waals surface area contributed by atoms with Crippen molar-refractivity contribution in [1.29, 1.82) is 0 Å². The summed E-state index contributed by atoms with van der Waals surface area (Å²) in [5.74, 6) is 1.79. The Kier molecular flexibility index (Phi) is 3.55. The van der Waals surface area contributed by atoms with Gasteiger partial charge < -0.3 is 10.5 Å². The van der Waals surface area contributed by atoms with E-state index in [0.29, 0.717) is 11.7 Å². The van der Waals surface area contributed by atoms with Crippen LogP contribution < -0.4 is 10.5 Å². The summed E-state index contributed by atoms with van der Waals surface area (Å²) in [6, 6.07) is 9.54. The van der Waals surface area contributed by atoms with Gasteiger partial charge in [-0.05, 0) is 18.6 Å². The van der Waals surface area contributed by atoms with E-state index < -0.39 is 0 Å². The second kappa shape index (κ2) is 5.30. The van der Waals surface area contributed by atoms with Gasteiger partial charge in [-0.1, -0.05) is 31.5 Å². The second-order valence-electron chi connectivity index (χ2n) is 3.71. The third-order valence-corrected chi connectivity index (χ3v) is 2.40. The van der Waals surface area contributed by atoms with Gasteiger partial charge in [-0.25, -0.2) is 9.97 Å². The molecule has 1 heterocycles. The number of para-hydroxylation sites is 1. The van der Waals surface area contributed by atoms with Gasteiger partial charge in [0.25, 0.3) is 0 Å². The maximum atomic E-state index is 5.83. The summed E-state index contributed by atoms with van der Waals surface area (Å²) in [5, 5.41) is 0. The molecule has 0 radical (unpaired) electrons. The molecule has 0 unspecified atom stereocenters. The number of nitrogen functional groups attached to an aromatic ring is 1. The molecule has 2 aromatic rings. The summed E-state index contributed by atoms with van der Waals surface area (Å²) < 4.78 is 5.71. The Labute approximate surface area is 100 Å². The molecule has 0 aliphatic heterocycles. The Morgan fingerprint density at radius 2 is 1.94 bits per heavy atom. The summed E-state index contributed by atoms with van der Waals surface area (Å²) in [6.45, 7) is 2.08. The minimum absolute atomic E-state index is 0.493. The zero-order valence-electron chi connectivity index (χ0n) is 9.76. The minimum atomic E-state index is 0.493. The van der Waals surface area contributed by atoms with Crippen LogP contribution in [-0.2, 0) is 6.42 Å². The number of aromatic nitrogens is 2. The van der Waals surface area contributed by atoms with Gasteiger partial charge in [0.15, 0.2) is 0 Å². The van der Waals surface area contributed by atoms with Crippen molar-refractivity contribution in [2.24, 2.45) is 0 Å². The Morgan fingerprint density at radius 1 is 1.18 bits per heavy atom. The van der Waals surface area contributed by atoms with Crippen LogP contribution in [0.2, 0.25) is 0 Å². The van der Waals surface area contributed by atoms with Gasteiger partial charge in [0, 0.05) is 0 Å². The Balaban J connectivity index is 2.29. The SMILES string of the molecule is CCCc1c(N)ncnc1Oc1ccccc1. The minimum Gasteiger partial charge on any atom is -0.439 e. The first kappa shape index (κ1) is 11.4. The fraction of sp³-hybridized carbons (Fsp3) is 0.231. The van der Waals surface area contributed by atoms with Crippen molar-refractivity contribution in [2.45, 2.75) is 19.8 Å². The van der Waals surface area contributed by atoms with Crippen molar-refractivity contribution in [3.05, 3.63) is 42.2 Å². The van der Waals surface area contributed by atoms with Crippen LogP contribution in [0.4, 0.5) is 5.82 Å². The predicted octanol–water partition coefficient (Wildman–Crippen LogP) is 2.80. The molecule has 0 bridgehead atoms. The number of nitrogens with zero attached hydrogens (tertiary/aromatic N) is 2. The lowest BCUT2D eigenvalue weighted by atomic mass is 10.2. The average molecular weight is 229 g/mol. The van der Waals surface area contributed by atoms with Gasteiger partial charge in [-0.3, -0.25) is 0 Å². The number of benzene rings is 1. The van der Waals surface area contributed by atoms with Crippen molar-refractivity contribution in [2.75, 3.05) is 5.73 Å². The van der Waals surface area contributed by atoms with Gasteiger partial charge in [0.1, 0.15) is 17.9 Å². The van der Waals surface area contributed by atoms with Crippen LogP contribution in [-0.4, -0.2) is 9.97 Å². The van der Waals surface area contributed by atoms with Gasteiger partial charge in [0.05, 0.1) is 5.56 Å². The van der Waals surface area contributed by atoms with E-state index in [9.17, 15) is 0 Å². The van der Waals surface area contributed by atoms with E-state index in [4.69, 9.17) is 10.5 Å². The fourth-order valence-electron chi connectivity index (χ4n) is 1.58. The highest BCUT2D eigenvalue weighted by Gasteiger charge is 2.10. The molecule has 0 saturated carbocycles. The number of rotatable bonds is 4. The summed E-state index contributed by atoms with van der Waals surface area (Å²) in [7, 11) is 0. The van der Waals surface area contributed by atoms with Gasteiger partial charge in [0.2, 0.25) is 5.88 Å². The standard InChI is InChI=1S/C13H15N3O/c1-2-6-11-12(14)15-9-16-13(11)17-10-7-4-3-5-8-10/h3-5,7-9H,2,6H2,1H3,(H2,14,15,16). The van der Waals surface area contributed by atoms with Crippen LogP contribution in [0, 0.1) is 0 Å². The molecule has 88 valence electrons. The van der Waals surface area contributed by atoms with Crippen LogP contribution in [0.3, 0.4) is 0 Å². The molecule has 0 fully saturated rings. The number of hydrogen-bond donors (Lipinski definition) is 1. The lowest BCUT2D eigenvalue weighted by Crippen LogP contribution is -2.02. The van der Waals surface area contributed by atoms with E-state index in [2.05, 4.69) is 16.9 Å². The molecule has 17 heavy (non-hydrogen) atoms. The Morgan fingerprint density at radius 3 is 2.65 bits per heavy atom. The third kappa shape index (κ3) is 2.72. The third-order valence-electron chi connectivity index (χ3n) is 2.40. The normalized spacial score (nSPS) is 10.2. The molecule has 1 aromatic carbocycles.